The van der Waals surface area contributed by atoms with Crippen LogP contribution >= 0.6 is 0 Å². The molecule has 0 radical (unpaired) electrons. The van der Waals surface area contributed by atoms with Crippen molar-refractivity contribution in [1.82, 2.24) is 5.32 Å². The lowest BCUT2D eigenvalue weighted by Gasteiger charge is -2.70. The van der Waals surface area contributed by atoms with Gasteiger partial charge in [-0.05, 0) is 97.4 Å². The SMILES string of the molecule is COC(=O)CCNC(=O)[C@@]1(C)CC[C@]2(C)CC[C@]3(C)C(=CC(=O)[C@@H]4[C@@]5(C)CC[C@H](OC(C)=O)C(C)(C)[C@@H]5CC[C@]43C)[C@@H]2C1. The van der Waals surface area contributed by atoms with Crippen LogP contribution in [0.3, 0.4) is 0 Å². The fraction of sp³-hybridized carbons (Fsp3) is 0.833. The maximum absolute atomic E-state index is 14.6. The van der Waals surface area contributed by atoms with Gasteiger partial charge in [-0.1, -0.05) is 54.0 Å². The number of carbonyl (C=O) groups excluding carboxylic acids is 4. The Balaban J connectivity index is 1.47. The van der Waals surface area contributed by atoms with E-state index < -0.39 is 5.41 Å². The molecule has 5 aliphatic carbocycles. The van der Waals surface area contributed by atoms with Crippen molar-refractivity contribution in [2.24, 2.45) is 50.2 Å². The van der Waals surface area contributed by atoms with Gasteiger partial charge in [-0.15, -0.1) is 0 Å². The maximum atomic E-state index is 14.6. The van der Waals surface area contributed by atoms with Crippen molar-refractivity contribution in [3.63, 3.8) is 0 Å². The standard InChI is InChI=1S/C36H55NO6/c1-22(38)43-27-11-13-34(6)26(31(27,2)3)10-14-36(8)29(34)25(39)20-23-24-21-33(5,30(41)37-19-12-28(40)42-9)16-15-32(24,4)17-18-35(23,36)7/h20,24,26-27,29H,10-19,21H2,1-9H3,(H,37,41)/t24-,26-,27-,29+,32+,33-,34-,35+,36+/m0/s1. The van der Waals surface area contributed by atoms with Crippen LogP contribution in [-0.4, -0.2) is 43.4 Å². The molecule has 9 atom stereocenters. The molecule has 0 saturated heterocycles. The Morgan fingerprint density at radius 2 is 1.60 bits per heavy atom. The van der Waals surface area contributed by atoms with Crippen LogP contribution in [0.25, 0.3) is 0 Å². The van der Waals surface area contributed by atoms with Gasteiger partial charge in [0.25, 0.3) is 0 Å². The lowest BCUT2D eigenvalue weighted by atomic mass is 9.33. The summed E-state index contributed by atoms with van der Waals surface area (Å²) in [6.07, 6.45) is 10.4. The summed E-state index contributed by atoms with van der Waals surface area (Å²) in [7, 11) is 1.36. The zero-order chi connectivity index (χ0) is 31.8. The number of hydrogen-bond donors (Lipinski definition) is 1. The molecule has 0 aromatic rings. The number of ketones is 1. The largest absolute Gasteiger partial charge is 0.469 e. The monoisotopic (exact) mass is 597 g/mol. The molecule has 0 bridgehead atoms. The van der Waals surface area contributed by atoms with E-state index in [-0.39, 0.29) is 81.6 Å². The van der Waals surface area contributed by atoms with E-state index in [4.69, 9.17) is 9.47 Å². The van der Waals surface area contributed by atoms with Crippen LogP contribution in [0.4, 0.5) is 0 Å². The zero-order valence-corrected chi connectivity index (χ0v) is 28.1. The quantitative estimate of drug-likeness (QED) is 0.360. The van der Waals surface area contributed by atoms with E-state index in [1.165, 1.54) is 19.6 Å². The molecule has 4 fully saturated rings. The van der Waals surface area contributed by atoms with Crippen molar-refractivity contribution in [2.45, 2.75) is 126 Å². The number of allylic oxidation sites excluding steroid dienone is 2. The Kier molecular flexibility index (Phi) is 7.82. The van der Waals surface area contributed by atoms with Crippen molar-refractivity contribution < 1.29 is 28.7 Å². The molecule has 4 saturated carbocycles. The van der Waals surface area contributed by atoms with Crippen LogP contribution < -0.4 is 5.32 Å². The molecule has 43 heavy (non-hydrogen) atoms. The highest BCUT2D eigenvalue weighted by Gasteiger charge is 2.70. The summed E-state index contributed by atoms with van der Waals surface area (Å²) >= 11 is 0. The van der Waals surface area contributed by atoms with Gasteiger partial charge in [-0.25, -0.2) is 0 Å². The molecule has 0 aromatic heterocycles. The van der Waals surface area contributed by atoms with Gasteiger partial charge in [0, 0.05) is 30.2 Å². The van der Waals surface area contributed by atoms with Crippen LogP contribution in [0, 0.1) is 50.2 Å². The number of fused-ring (bicyclic) bond motifs is 7. The topological polar surface area (TPSA) is 98.8 Å². The van der Waals surface area contributed by atoms with Crippen LogP contribution in [0.1, 0.15) is 120 Å². The number of nitrogens with one attached hydrogen (secondary N) is 1. The Labute approximate surface area is 258 Å². The molecule has 1 amide bonds. The average Bonchev–Trinajstić information content (AvgIpc) is 2.92. The van der Waals surface area contributed by atoms with Crippen molar-refractivity contribution in [3.05, 3.63) is 11.6 Å². The van der Waals surface area contributed by atoms with E-state index in [9.17, 15) is 19.2 Å². The first-order chi connectivity index (χ1) is 19.9. The van der Waals surface area contributed by atoms with Crippen molar-refractivity contribution in [1.29, 1.82) is 0 Å². The minimum absolute atomic E-state index is 0.00246. The van der Waals surface area contributed by atoms with E-state index in [2.05, 4.69) is 53.8 Å². The number of carbonyl (C=O) groups is 4. The fourth-order valence-electron chi connectivity index (χ4n) is 11.4. The molecule has 0 aromatic carbocycles. The second-order valence-electron chi connectivity index (χ2n) is 16.8. The summed E-state index contributed by atoms with van der Waals surface area (Å²) in [5, 5.41) is 3.01. The number of methoxy groups -OCH3 is 1. The number of hydrogen-bond acceptors (Lipinski definition) is 6. The Bertz CT molecular complexity index is 1240. The summed E-state index contributed by atoms with van der Waals surface area (Å²) in [5.41, 5.74) is 0.115. The number of esters is 2. The molecule has 0 spiro atoms. The van der Waals surface area contributed by atoms with Gasteiger partial charge >= 0.3 is 11.9 Å². The van der Waals surface area contributed by atoms with E-state index in [1.807, 2.05) is 6.08 Å². The zero-order valence-electron chi connectivity index (χ0n) is 28.1. The van der Waals surface area contributed by atoms with Gasteiger partial charge in [0.15, 0.2) is 5.78 Å². The first-order valence-electron chi connectivity index (χ1n) is 16.7. The smallest absolute Gasteiger partial charge is 0.307 e. The molecule has 0 aliphatic heterocycles. The third-order valence-corrected chi connectivity index (χ3v) is 14.2. The highest BCUT2D eigenvalue weighted by atomic mass is 16.5. The molecular weight excluding hydrogens is 542 g/mol. The van der Waals surface area contributed by atoms with Crippen LogP contribution in [0.5, 0.6) is 0 Å². The molecule has 5 rings (SSSR count). The van der Waals surface area contributed by atoms with Gasteiger partial charge < -0.3 is 14.8 Å². The normalized spacial score (nSPS) is 44.9. The molecular formula is C36H55NO6. The van der Waals surface area contributed by atoms with E-state index in [0.717, 1.165) is 57.8 Å². The Morgan fingerprint density at radius 1 is 0.930 bits per heavy atom. The average molecular weight is 598 g/mol. The predicted octanol–water partition coefficient (Wildman–Crippen LogP) is 6.58. The van der Waals surface area contributed by atoms with E-state index in [1.54, 1.807) is 0 Å². The Morgan fingerprint density at radius 3 is 2.26 bits per heavy atom. The van der Waals surface area contributed by atoms with Gasteiger partial charge in [0.2, 0.25) is 5.91 Å². The van der Waals surface area contributed by atoms with Crippen LogP contribution in [0.15, 0.2) is 11.6 Å². The molecule has 0 heterocycles. The van der Waals surface area contributed by atoms with E-state index in [0.29, 0.717) is 5.92 Å². The second kappa shape index (κ2) is 10.4. The molecule has 7 heteroatoms. The molecule has 240 valence electrons. The van der Waals surface area contributed by atoms with Crippen molar-refractivity contribution >= 4 is 23.6 Å². The number of ether oxygens (including phenoxy) is 2. The Hall–Kier alpha value is -2.18. The maximum Gasteiger partial charge on any atom is 0.307 e. The molecule has 0 unspecified atom stereocenters. The van der Waals surface area contributed by atoms with Gasteiger partial charge in [0.05, 0.1) is 13.5 Å². The predicted molar refractivity (Wildman–Crippen MR) is 165 cm³/mol. The highest BCUT2D eigenvalue weighted by molar-refractivity contribution is 5.96. The number of rotatable bonds is 5. The van der Waals surface area contributed by atoms with Gasteiger partial charge in [-0.2, -0.15) is 0 Å². The summed E-state index contributed by atoms with van der Waals surface area (Å²) < 4.78 is 10.6. The first kappa shape index (κ1) is 32.2. The second-order valence-corrected chi connectivity index (χ2v) is 16.8. The van der Waals surface area contributed by atoms with Gasteiger partial charge in [0.1, 0.15) is 6.10 Å². The summed E-state index contributed by atoms with van der Waals surface area (Å²) in [5.74, 6) is 0.0911. The van der Waals surface area contributed by atoms with Crippen molar-refractivity contribution in [3.8, 4) is 0 Å². The summed E-state index contributed by atoms with van der Waals surface area (Å²) in [4.78, 5) is 51.7. The third-order valence-electron chi connectivity index (χ3n) is 14.2. The first-order valence-corrected chi connectivity index (χ1v) is 16.7. The van der Waals surface area contributed by atoms with Crippen molar-refractivity contribution in [2.75, 3.05) is 13.7 Å². The minimum Gasteiger partial charge on any atom is -0.469 e. The third kappa shape index (κ3) is 4.72. The van der Waals surface area contributed by atoms with Crippen LogP contribution in [-0.2, 0) is 28.7 Å². The summed E-state index contributed by atoms with van der Waals surface area (Å²) in [6, 6.07) is 0. The highest BCUT2D eigenvalue weighted by Crippen LogP contribution is 2.75. The van der Waals surface area contributed by atoms with Crippen LogP contribution in [0.2, 0.25) is 0 Å². The van der Waals surface area contributed by atoms with Gasteiger partial charge in [-0.3, -0.25) is 19.2 Å². The minimum atomic E-state index is -0.553. The lowest BCUT2D eigenvalue weighted by molar-refractivity contribution is -0.210. The van der Waals surface area contributed by atoms with E-state index >= 15 is 0 Å². The lowest BCUT2D eigenvalue weighted by Crippen LogP contribution is -2.66. The molecule has 7 nitrogen and oxygen atoms in total. The summed E-state index contributed by atoms with van der Waals surface area (Å²) in [6.45, 7) is 17.9. The molecule has 5 aliphatic rings. The fourth-order valence-corrected chi connectivity index (χ4v) is 11.4. The number of amides is 1. The molecule has 1 N–H and O–H groups in total.